The lowest BCUT2D eigenvalue weighted by atomic mass is 10.2. The highest BCUT2D eigenvalue weighted by atomic mass is 32.1. The maximum absolute atomic E-state index is 11.5. The molecule has 0 amide bonds. The Kier molecular flexibility index (Phi) is 3.24. The second-order valence-corrected chi connectivity index (χ2v) is 4.76. The van der Waals surface area contributed by atoms with E-state index in [2.05, 4.69) is 0 Å². The van der Waals surface area contributed by atoms with Crippen LogP contribution in [0.4, 0.5) is 5.00 Å². The van der Waals surface area contributed by atoms with Crippen LogP contribution in [0.15, 0.2) is 12.1 Å². The van der Waals surface area contributed by atoms with Gasteiger partial charge in [0.25, 0.3) is 0 Å². The number of thiophene rings is 1. The Morgan fingerprint density at radius 3 is 3.06 bits per heavy atom. The van der Waals surface area contributed by atoms with Crippen LogP contribution < -0.4 is 4.90 Å². The van der Waals surface area contributed by atoms with E-state index < -0.39 is 0 Å². The third-order valence-electron chi connectivity index (χ3n) is 2.74. The molecule has 0 aliphatic carbocycles. The van der Waals surface area contributed by atoms with E-state index in [-0.39, 0.29) is 12.0 Å². The molecule has 16 heavy (non-hydrogen) atoms. The summed E-state index contributed by atoms with van der Waals surface area (Å²) in [7, 11) is 1.41. The molecule has 4 nitrogen and oxygen atoms in total. The molecule has 0 radical (unpaired) electrons. The van der Waals surface area contributed by atoms with E-state index in [1.54, 1.807) is 6.07 Å². The molecule has 86 valence electrons. The Hall–Kier alpha value is -1.36. The van der Waals surface area contributed by atoms with Crippen molar-refractivity contribution in [3.63, 3.8) is 0 Å². The fourth-order valence-corrected chi connectivity index (χ4v) is 2.87. The summed E-state index contributed by atoms with van der Waals surface area (Å²) in [5.41, 5.74) is 0. The van der Waals surface area contributed by atoms with Gasteiger partial charge in [-0.2, -0.15) is 0 Å². The summed E-state index contributed by atoms with van der Waals surface area (Å²) in [6.07, 6.45) is 2.63. The Morgan fingerprint density at radius 2 is 2.44 bits per heavy atom. The Labute approximate surface area is 97.8 Å². The molecule has 1 aliphatic rings. The van der Waals surface area contributed by atoms with Crippen molar-refractivity contribution in [3.05, 3.63) is 17.0 Å². The van der Waals surface area contributed by atoms with Crippen LogP contribution in [0.3, 0.4) is 0 Å². The summed E-state index contributed by atoms with van der Waals surface area (Å²) in [6, 6.07) is 3.47. The SMILES string of the molecule is COC(=O)C1CCCN1c1ccc(C=O)s1. The van der Waals surface area contributed by atoms with Gasteiger partial charge in [0.2, 0.25) is 0 Å². The number of aldehydes is 1. The van der Waals surface area contributed by atoms with Gasteiger partial charge in [0.05, 0.1) is 17.0 Å². The second-order valence-electron chi connectivity index (χ2n) is 3.67. The van der Waals surface area contributed by atoms with Crippen LogP contribution >= 0.6 is 11.3 Å². The molecule has 1 aromatic heterocycles. The van der Waals surface area contributed by atoms with E-state index in [1.165, 1.54) is 18.4 Å². The van der Waals surface area contributed by atoms with Crippen LogP contribution in [0.1, 0.15) is 22.5 Å². The summed E-state index contributed by atoms with van der Waals surface area (Å²) in [4.78, 5) is 24.9. The minimum Gasteiger partial charge on any atom is -0.467 e. The third kappa shape index (κ3) is 1.95. The molecule has 5 heteroatoms. The molecule has 1 aromatic rings. The van der Waals surface area contributed by atoms with Crippen LogP contribution in [-0.4, -0.2) is 32.0 Å². The molecule has 0 N–H and O–H groups in total. The van der Waals surface area contributed by atoms with Crippen LogP contribution in [0.5, 0.6) is 0 Å². The number of methoxy groups -OCH3 is 1. The lowest BCUT2D eigenvalue weighted by molar-refractivity contribution is -0.141. The van der Waals surface area contributed by atoms with Gasteiger partial charge in [-0.1, -0.05) is 0 Å². The Balaban J connectivity index is 2.19. The highest BCUT2D eigenvalue weighted by Gasteiger charge is 2.32. The van der Waals surface area contributed by atoms with Crippen molar-refractivity contribution in [2.24, 2.45) is 0 Å². The van der Waals surface area contributed by atoms with E-state index in [4.69, 9.17) is 4.74 Å². The average molecular weight is 239 g/mol. The molecule has 1 saturated heterocycles. The van der Waals surface area contributed by atoms with Gasteiger partial charge < -0.3 is 9.64 Å². The van der Waals surface area contributed by atoms with Gasteiger partial charge in [0.15, 0.2) is 6.29 Å². The molecular weight excluding hydrogens is 226 g/mol. The molecule has 1 aliphatic heterocycles. The molecule has 0 bridgehead atoms. The summed E-state index contributed by atoms with van der Waals surface area (Å²) in [6.45, 7) is 0.846. The first-order valence-electron chi connectivity index (χ1n) is 5.15. The van der Waals surface area contributed by atoms with Crippen molar-refractivity contribution in [2.75, 3.05) is 18.6 Å². The number of esters is 1. The maximum Gasteiger partial charge on any atom is 0.328 e. The first-order valence-corrected chi connectivity index (χ1v) is 5.97. The summed E-state index contributed by atoms with van der Waals surface area (Å²) >= 11 is 1.41. The highest BCUT2D eigenvalue weighted by Crippen LogP contribution is 2.31. The number of ether oxygens (including phenoxy) is 1. The van der Waals surface area contributed by atoms with E-state index in [0.717, 1.165) is 30.7 Å². The van der Waals surface area contributed by atoms with Gasteiger partial charge in [-0.25, -0.2) is 4.79 Å². The predicted molar refractivity (Wildman–Crippen MR) is 62.1 cm³/mol. The fraction of sp³-hybridized carbons (Fsp3) is 0.455. The average Bonchev–Trinajstić information content (AvgIpc) is 2.95. The minimum absolute atomic E-state index is 0.192. The van der Waals surface area contributed by atoms with Crippen molar-refractivity contribution in [3.8, 4) is 0 Å². The standard InChI is InChI=1S/C11H13NO3S/c1-15-11(14)9-3-2-6-12(9)10-5-4-8(7-13)16-10/h4-5,7,9H,2-3,6H2,1H3. The minimum atomic E-state index is -0.196. The van der Waals surface area contributed by atoms with E-state index in [0.29, 0.717) is 4.88 Å². The Morgan fingerprint density at radius 1 is 1.62 bits per heavy atom. The van der Waals surface area contributed by atoms with Crippen molar-refractivity contribution < 1.29 is 14.3 Å². The van der Waals surface area contributed by atoms with E-state index in [1.807, 2.05) is 11.0 Å². The zero-order valence-electron chi connectivity index (χ0n) is 9.01. The number of anilines is 1. The number of nitrogens with zero attached hydrogens (tertiary/aromatic N) is 1. The number of rotatable bonds is 3. The van der Waals surface area contributed by atoms with Gasteiger partial charge in [-0.3, -0.25) is 4.79 Å². The first kappa shape index (κ1) is 11.1. The number of carbonyl (C=O) groups is 2. The normalized spacial score (nSPS) is 19.8. The topological polar surface area (TPSA) is 46.6 Å². The predicted octanol–water partition coefficient (Wildman–Crippen LogP) is 1.70. The van der Waals surface area contributed by atoms with Gasteiger partial charge in [0, 0.05) is 6.54 Å². The highest BCUT2D eigenvalue weighted by molar-refractivity contribution is 7.17. The van der Waals surface area contributed by atoms with Crippen molar-refractivity contribution >= 4 is 28.6 Å². The van der Waals surface area contributed by atoms with Crippen molar-refractivity contribution in [2.45, 2.75) is 18.9 Å². The van der Waals surface area contributed by atoms with E-state index in [9.17, 15) is 9.59 Å². The molecule has 1 atom stereocenters. The van der Waals surface area contributed by atoms with Gasteiger partial charge >= 0.3 is 5.97 Å². The summed E-state index contributed by atoms with van der Waals surface area (Å²) in [5, 5.41) is 0.968. The van der Waals surface area contributed by atoms with Gasteiger partial charge in [-0.05, 0) is 25.0 Å². The van der Waals surface area contributed by atoms with Crippen molar-refractivity contribution in [1.82, 2.24) is 0 Å². The van der Waals surface area contributed by atoms with Crippen molar-refractivity contribution in [1.29, 1.82) is 0 Å². The van der Waals surface area contributed by atoms with Crippen LogP contribution in [0.25, 0.3) is 0 Å². The maximum atomic E-state index is 11.5. The number of carbonyl (C=O) groups excluding carboxylic acids is 2. The smallest absolute Gasteiger partial charge is 0.328 e. The van der Waals surface area contributed by atoms with Gasteiger partial charge in [-0.15, -0.1) is 11.3 Å². The monoisotopic (exact) mass is 239 g/mol. The molecular formula is C11H13NO3S. The molecule has 2 heterocycles. The molecule has 0 aromatic carbocycles. The van der Waals surface area contributed by atoms with E-state index >= 15 is 0 Å². The first-order chi connectivity index (χ1) is 7.76. The second kappa shape index (κ2) is 4.65. The largest absolute Gasteiger partial charge is 0.467 e. The molecule has 0 spiro atoms. The molecule has 1 fully saturated rings. The molecule has 0 saturated carbocycles. The number of hydrogen-bond acceptors (Lipinski definition) is 5. The molecule has 2 rings (SSSR count). The van der Waals surface area contributed by atoms with Crippen LogP contribution in [0, 0.1) is 0 Å². The number of hydrogen-bond donors (Lipinski definition) is 0. The zero-order valence-corrected chi connectivity index (χ0v) is 9.83. The van der Waals surface area contributed by atoms with Crippen LogP contribution in [0.2, 0.25) is 0 Å². The van der Waals surface area contributed by atoms with Crippen LogP contribution in [-0.2, 0) is 9.53 Å². The Bertz CT molecular complexity index is 402. The zero-order chi connectivity index (χ0) is 11.5. The van der Waals surface area contributed by atoms with Gasteiger partial charge in [0.1, 0.15) is 6.04 Å². The summed E-state index contributed by atoms with van der Waals surface area (Å²) in [5.74, 6) is -0.196. The third-order valence-corrected chi connectivity index (χ3v) is 3.79. The summed E-state index contributed by atoms with van der Waals surface area (Å²) < 4.78 is 4.77. The molecule has 1 unspecified atom stereocenters. The quantitative estimate of drug-likeness (QED) is 0.595. The lowest BCUT2D eigenvalue weighted by Gasteiger charge is -2.22. The lowest BCUT2D eigenvalue weighted by Crippen LogP contribution is -2.36. The fourth-order valence-electron chi connectivity index (χ4n) is 1.97.